The molecule has 180 valence electrons. The molecule has 0 radical (unpaired) electrons. The van der Waals surface area contributed by atoms with Crippen LogP contribution in [0.2, 0.25) is 0 Å². The summed E-state index contributed by atoms with van der Waals surface area (Å²) in [6, 6.07) is 9.38. The Labute approximate surface area is 197 Å². The van der Waals surface area contributed by atoms with E-state index in [1.165, 1.54) is 28.9 Å². The van der Waals surface area contributed by atoms with Gasteiger partial charge < -0.3 is 4.74 Å². The van der Waals surface area contributed by atoms with E-state index >= 15 is 0 Å². The Hall–Kier alpha value is -3.31. The van der Waals surface area contributed by atoms with Crippen LogP contribution in [0.15, 0.2) is 42.6 Å². The summed E-state index contributed by atoms with van der Waals surface area (Å²) in [5, 5.41) is 7.35. The molecule has 0 unspecified atom stereocenters. The fourth-order valence-electron chi connectivity index (χ4n) is 3.75. The molecule has 0 fully saturated rings. The van der Waals surface area contributed by atoms with Gasteiger partial charge >= 0.3 is 6.09 Å². The molecule has 0 aliphatic carbocycles. The van der Waals surface area contributed by atoms with E-state index < -0.39 is 21.7 Å². The van der Waals surface area contributed by atoms with Crippen molar-refractivity contribution in [3.05, 3.63) is 54.1 Å². The van der Waals surface area contributed by atoms with Crippen molar-refractivity contribution in [2.75, 3.05) is 18.1 Å². The Morgan fingerprint density at radius 2 is 1.82 bits per heavy atom. The number of benzene rings is 1. The average Bonchev–Trinajstić information content (AvgIpc) is 3.11. The monoisotopic (exact) mass is 487 g/mol. The second-order valence-electron chi connectivity index (χ2n) is 9.05. The molecule has 0 atom stereocenters. The molecule has 1 aliphatic rings. The number of amides is 1. The van der Waals surface area contributed by atoms with Crippen molar-refractivity contribution in [1.82, 2.24) is 19.1 Å². The lowest BCUT2D eigenvalue weighted by molar-refractivity contribution is 0.0635. The maximum atomic E-state index is 13.6. The fraction of sp³-hybridized carbons (Fsp3) is 0.348. The van der Waals surface area contributed by atoms with Crippen molar-refractivity contribution < 1.29 is 22.3 Å². The van der Waals surface area contributed by atoms with Crippen molar-refractivity contribution in [3.63, 3.8) is 0 Å². The van der Waals surface area contributed by atoms with Crippen LogP contribution in [0.1, 0.15) is 26.5 Å². The molecule has 9 nitrogen and oxygen atoms in total. The molecule has 4 rings (SSSR count). The number of nitrogens with zero attached hydrogens (tertiary/aromatic N) is 4. The van der Waals surface area contributed by atoms with E-state index in [0.29, 0.717) is 41.2 Å². The summed E-state index contributed by atoms with van der Waals surface area (Å²) in [6.07, 6.45) is 2.07. The highest BCUT2D eigenvalue weighted by Crippen LogP contribution is 2.37. The quantitative estimate of drug-likeness (QED) is 0.599. The minimum absolute atomic E-state index is 0.138. The number of carbonyl (C=O) groups excluding carboxylic acids is 1. The number of anilines is 1. The van der Waals surface area contributed by atoms with Gasteiger partial charge in [0.15, 0.2) is 0 Å². The number of nitrogens with one attached hydrogen (secondary N) is 1. The van der Waals surface area contributed by atoms with Crippen LogP contribution in [0.4, 0.5) is 15.0 Å². The van der Waals surface area contributed by atoms with Gasteiger partial charge in [0.1, 0.15) is 22.9 Å². The molecule has 0 bridgehead atoms. The van der Waals surface area contributed by atoms with Gasteiger partial charge in [0.05, 0.1) is 25.0 Å². The van der Waals surface area contributed by atoms with Crippen LogP contribution in [0, 0.1) is 5.82 Å². The zero-order chi connectivity index (χ0) is 24.7. The summed E-state index contributed by atoms with van der Waals surface area (Å²) in [4.78, 5) is 16.4. The first-order chi connectivity index (χ1) is 15.9. The van der Waals surface area contributed by atoms with E-state index in [9.17, 15) is 17.6 Å². The van der Waals surface area contributed by atoms with Gasteiger partial charge in [-0.2, -0.15) is 9.40 Å². The number of hydrogen-bond acceptors (Lipinski definition) is 6. The molecule has 1 amide bonds. The van der Waals surface area contributed by atoms with E-state index in [1.54, 1.807) is 49.7 Å². The van der Waals surface area contributed by atoms with Crippen LogP contribution in [0.25, 0.3) is 22.4 Å². The minimum atomic E-state index is -3.41. The van der Waals surface area contributed by atoms with Crippen LogP contribution in [-0.4, -0.2) is 52.0 Å². The molecule has 1 N–H and O–H groups in total. The summed E-state index contributed by atoms with van der Waals surface area (Å²) in [7, 11) is -3.41. The highest BCUT2D eigenvalue weighted by Gasteiger charge is 2.30. The molecule has 1 aliphatic heterocycles. The van der Waals surface area contributed by atoms with Gasteiger partial charge in [-0.1, -0.05) is 0 Å². The SMILES string of the molecule is CC(C)(C)OC(=O)Nc1cc(-c2c(-c3ccc(F)cc3)nn3c2CN(S(C)(=O)=O)CC3)ccn1. The molecule has 3 aromatic rings. The fourth-order valence-corrected chi connectivity index (χ4v) is 4.52. The Kier molecular flexibility index (Phi) is 6.17. The van der Waals surface area contributed by atoms with Gasteiger partial charge in [0.2, 0.25) is 10.0 Å². The van der Waals surface area contributed by atoms with Crippen LogP contribution in [-0.2, 0) is 27.8 Å². The number of hydrogen-bond donors (Lipinski definition) is 1. The molecule has 34 heavy (non-hydrogen) atoms. The van der Waals surface area contributed by atoms with Gasteiger partial charge in [0, 0.05) is 23.9 Å². The van der Waals surface area contributed by atoms with Gasteiger partial charge in [0.25, 0.3) is 0 Å². The Balaban J connectivity index is 1.80. The average molecular weight is 488 g/mol. The van der Waals surface area contributed by atoms with Crippen LogP contribution in [0.3, 0.4) is 0 Å². The van der Waals surface area contributed by atoms with Gasteiger partial charge in [-0.05, 0) is 62.7 Å². The second-order valence-corrected chi connectivity index (χ2v) is 11.0. The second kappa shape index (κ2) is 8.80. The lowest BCUT2D eigenvalue weighted by Crippen LogP contribution is -2.37. The first-order valence-corrected chi connectivity index (χ1v) is 12.5. The first-order valence-electron chi connectivity index (χ1n) is 10.7. The summed E-state index contributed by atoms with van der Waals surface area (Å²) >= 11 is 0. The predicted octanol–water partition coefficient (Wildman–Crippen LogP) is 3.87. The van der Waals surface area contributed by atoms with E-state index in [0.717, 1.165) is 0 Å². The molecule has 0 saturated carbocycles. The zero-order valence-corrected chi connectivity index (χ0v) is 20.2. The minimum Gasteiger partial charge on any atom is -0.444 e. The summed E-state index contributed by atoms with van der Waals surface area (Å²) in [5.74, 6) is -0.0992. The van der Waals surface area contributed by atoms with Crippen molar-refractivity contribution in [1.29, 1.82) is 0 Å². The zero-order valence-electron chi connectivity index (χ0n) is 19.4. The topological polar surface area (TPSA) is 106 Å². The van der Waals surface area contributed by atoms with Gasteiger partial charge in [-0.3, -0.25) is 10.00 Å². The lowest BCUT2D eigenvalue weighted by atomic mass is 9.99. The number of fused-ring (bicyclic) bond motifs is 1. The molecule has 3 heterocycles. The van der Waals surface area contributed by atoms with E-state index in [1.807, 2.05) is 0 Å². The van der Waals surface area contributed by atoms with Crippen molar-refractivity contribution >= 4 is 21.9 Å². The standard InChI is InChI=1S/C23H26FN5O4S/c1-23(2,3)33-22(30)26-19-13-16(9-10-25-19)20-18-14-28(34(4,31)32)11-12-29(18)27-21(20)15-5-7-17(24)8-6-15/h5-10,13H,11-12,14H2,1-4H3,(H,25,26,30). The third kappa shape index (κ3) is 5.26. The molecule has 1 aromatic carbocycles. The molecule has 2 aromatic heterocycles. The van der Waals surface area contributed by atoms with E-state index in [4.69, 9.17) is 9.84 Å². The lowest BCUT2D eigenvalue weighted by Gasteiger charge is -2.26. The smallest absolute Gasteiger partial charge is 0.413 e. The highest BCUT2D eigenvalue weighted by atomic mass is 32.2. The molecular formula is C23H26FN5O4S. The third-order valence-electron chi connectivity index (χ3n) is 5.21. The number of sulfonamides is 1. The number of carbonyl (C=O) groups is 1. The molecular weight excluding hydrogens is 461 g/mol. The number of aromatic nitrogens is 3. The van der Waals surface area contributed by atoms with Crippen molar-refractivity contribution in [3.8, 4) is 22.4 Å². The highest BCUT2D eigenvalue weighted by molar-refractivity contribution is 7.88. The van der Waals surface area contributed by atoms with E-state index in [2.05, 4.69) is 10.3 Å². The summed E-state index contributed by atoms with van der Waals surface area (Å²) in [5.41, 5.74) is 2.66. The van der Waals surface area contributed by atoms with Crippen LogP contribution in [0.5, 0.6) is 0 Å². The van der Waals surface area contributed by atoms with Crippen LogP contribution >= 0.6 is 0 Å². The number of rotatable bonds is 4. The molecule has 11 heteroatoms. The van der Waals surface area contributed by atoms with Crippen LogP contribution < -0.4 is 5.32 Å². The summed E-state index contributed by atoms with van der Waals surface area (Å²) in [6.45, 7) is 6.11. The maximum absolute atomic E-state index is 13.6. The Morgan fingerprint density at radius 3 is 2.47 bits per heavy atom. The Morgan fingerprint density at radius 1 is 1.12 bits per heavy atom. The largest absolute Gasteiger partial charge is 0.444 e. The number of halogens is 1. The maximum Gasteiger partial charge on any atom is 0.413 e. The number of ether oxygens (including phenoxy) is 1. The van der Waals surface area contributed by atoms with Gasteiger partial charge in [-0.15, -0.1) is 0 Å². The van der Waals surface area contributed by atoms with Crippen molar-refractivity contribution in [2.24, 2.45) is 0 Å². The molecule has 0 spiro atoms. The normalized spacial score (nSPS) is 14.5. The number of pyridine rings is 1. The first kappa shape index (κ1) is 23.8. The predicted molar refractivity (Wildman–Crippen MR) is 126 cm³/mol. The van der Waals surface area contributed by atoms with Crippen molar-refractivity contribution in [2.45, 2.75) is 39.5 Å². The molecule has 0 saturated heterocycles. The Bertz CT molecular complexity index is 1330. The van der Waals surface area contributed by atoms with E-state index in [-0.39, 0.29) is 18.2 Å². The third-order valence-corrected chi connectivity index (χ3v) is 6.46. The summed E-state index contributed by atoms with van der Waals surface area (Å²) < 4.78 is 46.5. The van der Waals surface area contributed by atoms with Gasteiger partial charge in [-0.25, -0.2) is 22.6 Å².